The second-order valence-electron chi connectivity index (χ2n) is 8.07. The van der Waals surface area contributed by atoms with Gasteiger partial charge in [0.2, 0.25) is 0 Å². The molecule has 0 saturated heterocycles. The van der Waals surface area contributed by atoms with E-state index in [1.54, 1.807) is 18.2 Å². The molecular weight excluding hydrogens is 558 g/mol. The monoisotopic (exact) mass is 585 g/mol. The lowest BCUT2D eigenvalue weighted by Gasteiger charge is -2.09. The van der Waals surface area contributed by atoms with Crippen molar-refractivity contribution >= 4 is 58.2 Å². The average molecular weight is 587 g/mol. The van der Waals surface area contributed by atoms with E-state index in [2.05, 4.69) is 28.1 Å². The highest BCUT2D eigenvalue weighted by Crippen LogP contribution is 2.30. The van der Waals surface area contributed by atoms with E-state index in [-0.39, 0.29) is 0 Å². The van der Waals surface area contributed by atoms with Gasteiger partial charge in [-0.05, 0) is 91.9 Å². The van der Waals surface area contributed by atoms with E-state index in [0.29, 0.717) is 18.5 Å². The van der Waals surface area contributed by atoms with Crippen molar-refractivity contribution in [2.75, 3.05) is 11.5 Å². The Labute approximate surface area is 232 Å². The number of nitrogens with two attached hydrogens (primary N) is 2. The fraction of sp³-hybridized carbons (Fsp3) is 0.143. The molecule has 0 amide bonds. The quantitative estimate of drug-likeness (QED) is 0.167. The van der Waals surface area contributed by atoms with E-state index < -0.39 is 0 Å². The maximum absolute atomic E-state index is 8.34. The number of hydrogen-bond acceptors (Lipinski definition) is 4. The van der Waals surface area contributed by atoms with Crippen LogP contribution in [0.1, 0.15) is 22.3 Å². The van der Waals surface area contributed by atoms with Crippen molar-refractivity contribution in [2.45, 2.75) is 27.7 Å². The Morgan fingerprint density at radius 2 is 1.31 bits per heavy atom. The van der Waals surface area contributed by atoms with E-state index in [1.165, 1.54) is 0 Å². The molecule has 0 bridgehead atoms. The summed E-state index contributed by atoms with van der Waals surface area (Å²) in [6.45, 7) is 7.83. The molecule has 8 heteroatoms. The number of nitrogen functional groups attached to an aromatic ring is 2. The lowest BCUT2D eigenvalue weighted by atomic mass is 9.99. The minimum absolute atomic E-state index is 0.569. The Morgan fingerprint density at radius 1 is 0.750 bits per heavy atom. The van der Waals surface area contributed by atoms with E-state index in [4.69, 9.17) is 44.3 Å². The summed E-state index contributed by atoms with van der Waals surface area (Å²) in [6.07, 6.45) is 0. The van der Waals surface area contributed by atoms with Crippen LogP contribution in [0.15, 0.2) is 77.3 Å². The highest BCUT2D eigenvalue weighted by atomic mass is 79.9. The van der Waals surface area contributed by atoms with E-state index in [0.717, 1.165) is 54.3 Å². The maximum Gasteiger partial charge on any atom is 0.569 e. The number of benzene rings is 4. The van der Waals surface area contributed by atoms with Crippen LogP contribution >= 0.6 is 39.1 Å². The summed E-state index contributed by atoms with van der Waals surface area (Å²) in [6, 6.07) is 23.1. The molecule has 5 N–H and O–H groups in total. The van der Waals surface area contributed by atoms with Crippen LogP contribution in [-0.4, -0.2) is 12.7 Å². The SMILES string of the molecule is Cc1c(Cl)cccc1O[B]O.Cc1ccc(-c2cccc(Cl)c2C)cc1N.Cc1ccc(Br)cc1N. The smallest absolute Gasteiger partial charge is 0.537 e. The van der Waals surface area contributed by atoms with Crippen molar-refractivity contribution < 1.29 is 9.68 Å². The second kappa shape index (κ2) is 14.2. The van der Waals surface area contributed by atoms with Gasteiger partial charge < -0.3 is 21.1 Å². The van der Waals surface area contributed by atoms with Gasteiger partial charge >= 0.3 is 7.69 Å². The third-order valence-electron chi connectivity index (χ3n) is 5.50. The van der Waals surface area contributed by atoms with Gasteiger partial charge in [0.05, 0.1) is 0 Å². The molecule has 187 valence electrons. The third-order valence-corrected chi connectivity index (χ3v) is 6.81. The molecule has 4 aromatic carbocycles. The number of anilines is 2. The van der Waals surface area contributed by atoms with Crippen LogP contribution in [0, 0.1) is 27.7 Å². The summed E-state index contributed by atoms with van der Waals surface area (Å²) in [7, 11) is 0.638. The number of aryl methyl sites for hydroxylation is 2. The molecule has 0 aromatic heterocycles. The Morgan fingerprint density at radius 3 is 1.86 bits per heavy atom. The van der Waals surface area contributed by atoms with Crippen LogP contribution in [-0.2, 0) is 0 Å². The van der Waals surface area contributed by atoms with Gasteiger partial charge in [-0.15, -0.1) is 0 Å². The maximum atomic E-state index is 8.34. The van der Waals surface area contributed by atoms with Gasteiger partial charge in [0.1, 0.15) is 5.75 Å². The van der Waals surface area contributed by atoms with Gasteiger partial charge in [-0.25, -0.2) is 0 Å². The molecule has 0 heterocycles. The standard InChI is InChI=1S/C14H14ClN.C7H7BClO2.C7H8BrN/c1-9-6-7-11(8-14(9)16)12-4-3-5-13(15)10(12)2;1-5-6(9)3-2-4-7(5)11-8-10;1-5-2-3-6(8)4-7(5)9/h3-8H,16H2,1-2H3;2-4,10H,1H3;2-4H,9H2,1H3. The largest absolute Gasteiger partial charge is 0.569 e. The van der Waals surface area contributed by atoms with Gasteiger partial charge in [-0.1, -0.05) is 75.5 Å². The minimum atomic E-state index is 0.569. The highest BCUT2D eigenvalue weighted by Gasteiger charge is 2.06. The molecular formula is C28H29BBrCl2N2O2. The Kier molecular flexibility index (Phi) is 11.7. The molecule has 0 aliphatic carbocycles. The zero-order valence-corrected chi connectivity index (χ0v) is 23.7. The molecule has 36 heavy (non-hydrogen) atoms. The van der Waals surface area contributed by atoms with Crippen LogP contribution in [0.2, 0.25) is 10.0 Å². The van der Waals surface area contributed by atoms with Crippen LogP contribution < -0.4 is 16.1 Å². The second-order valence-corrected chi connectivity index (χ2v) is 9.80. The van der Waals surface area contributed by atoms with Gasteiger partial charge in [-0.3, -0.25) is 0 Å². The van der Waals surface area contributed by atoms with Crippen LogP contribution in [0.4, 0.5) is 11.4 Å². The van der Waals surface area contributed by atoms with E-state index in [1.807, 2.05) is 70.2 Å². The number of halogens is 3. The first kappa shape index (κ1) is 29.6. The molecule has 0 fully saturated rings. The normalized spacial score (nSPS) is 9.89. The first-order valence-corrected chi connectivity index (χ1v) is 12.6. The lowest BCUT2D eigenvalue weighted by Crippen LogP contribution is -2.01. The van der Waals surface area contributed by atoms with E-state index >= 15 is 0 Å². The number of hydrogen-bond donors (Lipinski definition) is 3. The Balaban J connectivity index is 0.000000200. The first-order chi connectivity index (χ1) is 17.0. The van der Waals surface area contributed by atoms with Crippen molar-refractivity contribution in [1.29, 1.82) is 0 Å². The van der Waals surface area contributed by atoms with Gasteiger partial charge in [0.15, 0.2) is 0 Å². The fourth-order valence-electron chi connectivity index (χ4n) is 3.11. The minimum Gasteiger partial charge on any atom is -0.537 e. The Hall–Kier alpha value is -2.64. The molecule has 0 saturated carbocycles. The Bertz CT molecular complexity index is 1320. The molecule has 4 aromatic rings. The molecule has 0 aliphatic heterocycles. The molecule has 4 rings (SSSR count). The topological polar surface area (TPSA) is 81.5 Å². The van der Waals surface area contributed by atoms with Gasteiger partial charge in [0.25, 0.3) is 0 Å². The lowest BCUT2D eigenvalue weighted by molar-refractivity contribution is 0.452. The summed E-state index contributed by atoms with van der Waals surface area (Å²) in [5.41, 5.74) is 19.5. The molecule has 4 nitrogen and oxygen atoms in total. The van der Waals surface area contributed by atoms with Crippen LogP contribution in [0.3, 0.4) is 0 Å². The van der Waals surface area contributed by atoms with E-state index in [9.17, 15) is 0 Å². The zero-order chi connectivity index (χ0) is 26.8. The predicted octanol–water partition coefficient (Wildman–Crippen LogP) is 8.10. The third kappa shape index (κ3) is 8.49. The first-order valence-electron chi connectivity index (χ1n) is 11.1. The van der Waals surface area contributed by atoms with Crippen molar-refractivity contribution in [2.24, 2.45) is 0 Å². The molecule has 0 aliphatic rings. The fourth-order valence-corrected chi connectivity index (χ4v) is 3.83. The summed E-state index contributed by atoms with van der Waals surface area (Å²) < 4.78 is 5.80. The van der Waals surface area contributed by atoms with Gasteiger partial charge in [-0.2, -0.15) is 0 Å². The van der Waals surface area contributed by atoms with Crippen molar-refractivity contribution in [1.82, 2.24) is 0 Å². The zero-order valence-electron chi connectivity index (χ0n) is 20.6. The molecule has 1 radical (unpaired) electrons. The van der Waals surface area contributed by atoms with Gasteiger partial charge in [0, 0.05) is 31.5 Å². The van der Waals surface area contributed by atoms with Crippen molar-refractivity contribution in [3.8, 4) is 16.9 Å². The molecule has 0 unspecified atom stereocenters. The highest BCUT2D eigenvalue weighted by molar-refractivity contribution is 9.10. The molecule has 0 spiro atoms. The summed E-state index contributed by atoms with van der Waals surface area (Å²) in [5, 5.41) is 9.76. The number of rotatable bonds is 3. The summed E-state index contributed by atoms with van der Waals surface area (Å²) in [4.78, 5) is 0. The van der Waals surface area contributed by atoms with Crippen LogP contribution in [0.5, 0.6) is 5.75 Å². The summed E-state index contributed by atoms with van der Waals surface area (Å²) >= 11 is 15.2. The predicted molar refractivity (Wildman–Crippen MR) is 159 cm³/mol. The van der Waals surface area contributed by atoms with Crippen LogP contribution in [0.25, 0.3) is 11.1 Å². The van der Waals surface area contributed by atoms with Crippen molar-refractivity contribution in [3.63, 3.8) is 0 Å². The summed E-state index contributed by atoms with van der Waals surface area (Å²) in [5.74, 6) is 0.569. The average Bonchev–Trinajstić information content (AvgIpc) is 2.84. The van der Waals surface area contributed by atoms with Crippen molar-refractivity contribution in [3.05, 3.63) is 110 Å². The molecule has 0 atom stereocenters.